The van der Waals surface area contributed by atoms with E-state index in [0.717, 1.165) is 23.2 Å². The molecule has 0 radical (unpaired) electrons. The molecule has 112 valence electrons. The van der Waals surface area contributed by atoms with Crippen molar-refractivity contribution >= 4 is 5.69 Å². The van der Waals surface area contributed by atoms with Crippen LogP contribution in [0.25, 0.3) is 5.69 Å². The van der Waals surface area contributed by atoms with Crippen LogP contribution < -0.4 is 5.32 Å². The average Bonchev–Trinajstić information content (AvgIpc) is 3.02. The zero-order chi connectivity index (χ0) is 14.7. The van der Waals surface area contributed by atoms with E-state index in [1.54, 1.807) is 11.0 Å². The Morgan fingerprint density at radius 1 is 1.14 bits per heavy atom. The molecule has 1 saturated carbocycles. The van der Waals surface area contributed by atoms with Crippen LogP contribution in [0, 0.1) is 11.8 Å². The van der Waals surface area contributed by atoms with Crippen molar-refractivity contribution < 1.29 is 0 Å². The summed E-state index contributed by atoms with van der Waals surface area (Å²) in [5.41, 5.74) is 2.12. The second kappa shape index (κ2) is 6.24. The molecule has 21 heavy (non-hydrogen) atoms. The molecule has 1 aromatic carbocycles. The SMILES string of the molecule is CC(C)C1CCC(Nc2ccccc2-n2cnnn2)CC1. The highest BCUT2D eigenvalue weighted by Crippen LogP contribution is 2.32. The van der Waals surface area contributed by atoms with Gasteiger partial charge in [-0.2, -0.15) is 4.68 Å². The van der Waals surface area contributed by atoms with Crippen LogP contribution in [0.1, 0.15) is 39.5 Å². The van der Waals surface area contributed by atoms with Crippen molar-refractivity contribution in [1.29, 1.82) is 0 Å². The Morgan fingerprint density at radius 2 is 1.90 bits per heavy atom. The summed E-state index contributed by atoms with van der Waals surface area (Å²) in [6, 6.07) is 8.76. The van der Waals surface area contributed by atoms with Crippen LogP contribution in [-0.2, 0) is 0 Å². The molecule has 5 heteroatoms. The Kier molecular flexibility index (Phi) is 4.18. The van der Waals surface area contributed by atoms with Gasteiger partial charge in [-0.15, -0.1) is 5.10 Å². The molecule has 5 nitrogen and oxygen atoms in total. The van der Waals surface area contributed by atoms with Gasteiger partial charge in [-0.3, -0.25) is 0 Å². The van der Waals surface area contributed by atoms with Crippen LogP contribution in [0.5, 0.6) is 0 Å². The standard InChI is InChI=1S/C16H23N5/c1-12(2)13-7-9-14(10-8-13)18-15-5-3-4-6-16(15)21-11-17-19-20-21/h3-6,11-14,18H,7-10H2,1-2H3. The van der Waals surface area contributed by atoms with Gasteiger partial charge in [0.25, 0.3) is 0 Å². The van der Waals surface area contributed by atoms with Crippen LogP contribution in [0.3, 0.4) is 0 Å². The third-order valence-corrected chi connectivity index (χ3v) is 4.57. The van der Waals surface area contributed by atoms with Crippen molar-refractivity contribution in [1.82, 2.24) is 20.2 Å². The van der Waals surface area contributed by atoms with Crippen LogP contribution >= 0.6 is 0 Å². The third-order valence-electron chi connectivity index (χ3n) is 4.57. The zero-order valence-corrected chi connectivity index (χ0v) is 12.7. The van der Waals surface area contributed by atoms with Crippen LogP contribution in [-0.4, -0.2) is 26.2 Å². The quantitative estimate of drug-likeness (QED) is 0.936. The molecule has 0 unspecified atom stereocenters. The molecule has 1 heterocycles. The number of nitrogens with zero attached hydrogens (tertiary/aromatic N) is 4. The lowest BCUT2D eigenvalue weighted by Crippen LogP contribution is -2.28. The fourth-order valence-corrected chi connectivity index (χ4v) is 3.22. The minimum absolute atomic E-state index is 0.553. The van der Waals surface area contributed by atoms with E-state index in [-0.39, 0.29) is 0 Å². The van der Waals surface area contributed by atoms with Gasteiger partial charge in [0.15, 0.2) is 0 Å². The zero-order valence-electron chi connectivity index (χ0n) is 12.7. The van der Waals surface area contributed by atoms with E-state index in [0.29, 0.717) is 6.04 Å². The highest BCUT2D eigenvalue weighted by molar-refractivity contribution is 5.60. The number of para-hydroxylation sites is 2. The molecule has 1 aliphatic carbocycles. The summed E-state index contributed by atoms with van der Waals surface area (Å²) in [6.45, 7) is 4.68. The molecular weight excluding hydrogens is 262 g/mol. The summed E-state index contributed by atoms with van der Waals surface area (Å²) in [7, 11) is 0. The normalized spacial score (nSPS) is 22.4. The van der Waals surface area contributed by atoms with E-state index >= 15 is 0 Å². The maximum absolute atomic E-state index is 3.99. The molecule has 0 atom stereocenters. The molecule has 1 aliphatic rings. The minimum Gasteiger partial charge on any atom is -0.381 e. The maximum Gasteiger partial charge on any atom is 0.143 e. The summed E-state index contributed by atoms with van der Waals surface area (Å²) >= 11 is 0. The van der Waals surface area contributed by atoms with E-state index in [9.17, 15) is 0 Å². The average molecular weight is 285 g/mol. The number of aromatic nitrogens is 4. The van der Waals surface area contributed by atoms with Gasteiger partial charge in [-0.25, -0.2) is 0 Å². The van der Waals surface area contributed by atoms with Crippen molar-refractivity contribution in [2.45, 2.75) is 45.6 Å². The van der Waals surface area contributed by atoms with Crippen LogP contribution in [0.4, 0.5) is 5.69 Å². The predicted octanol–water partition coefficient (Wildman–Crippen LogP) is 3.29. The highest BCUT2D eigenvalue weighted by Gasteiger charge is 2.23. The Balaban J connectivity index is 1.69. The number of anilines is 1. The van der Waals surface area contributed by atoms with Crippen molar-refractivity contribution in [3.05, 3.63) is 30.6 Å². The fraction of sp³-hybridized carbons (Fsp3) is 0.562. The van der Waals surface area contributed by atoms with Gasteiger partial charge in [0.2, 0.25) is 0 Å². The number of benzene rings is 1. The summed E-state index contributed by atoms with van der Waals surface area (Å²) in [5, 5.41) is 15.1. The topological polar surface area (TPSA) is 55.6 Å². The van der Waals surface area contributed by atoms with Gasteiger partial charge in [0.05, 0.1) is 11.4 Å². The molecule has 0 aliphatic heterocycles. The molecule has 2 aromatic rings. The minimum atomic E-state index is 0.553. The number of nitrogens with one attached hydrogen (secondary N) is 1. The van der Waals surface area contributed by atoms with Gasteiger partial charge >= 0.3 is 0 Å². The number of rotatable bonds is 4. The second-order valence-corrected chi connectivity index (χ2v) is 6.27. The third kappa shape index (κ3) is 3.23. The van der Waals surface area contributed by atoms with E-state index < -0.39 is 0 Å². The summed E-state index contributed by atoms with van der Waals surface area (Å²) in [6.07, 6.45) is 6.76. The Labute approximate surface area is 125 Å². The monoisotopic (exact) mass is 285 g/mol. The predicted molar refractivity (Wildman–Crippen MR) is 83.4 cm³/mol. The van der Waals surface area contributed by atoms with Crippen molar-refractivity contribution in [2.75, 3.05) is 5.32 Å². The summed E-state index contributed by atoms with van der Waals surface area (Å²) in [5.74, 6) is 1.69. The first-order valence-electron chi connectivity index (χ1n) is 7.83. The highest BCUT2D eigenvalue weighted by atomic mass is 15.5. The Hall–Kier alpha value is -1.91. The summed E-state index contributed by atoms with van der Waals surface area (Å²) < 4.78 is 1.71. The molecule has 1 aromatic heterocycles. The Bertz CT molecular complexity index is 556. The number of tetrazole rings is 1. The van der Waals surface area contributed by atoms with Crippen molar-refractivity contribution in [3.8, 4) is 5.69 Å². The second-order valence-electron chi connectivity index (χ2n) is 6.27. The number of hydrogen-bond acceptors (Lipinski definition) is 4. The maximum atomic E-state index is 3.99. The Morgan fingerprint density at radius 3 is 2.57 bits per heavy atom. The van der Waals surface area contributed by atoms with Crippen LogP contribution in [0.2, 0.25) is 0 Å². The first kappa shape index (κ1) is 14.0. The lowest BCUT2D eigenvalue weighted by Gasteiger charge is -2.32. The first-order valence-corrected chi connectivity index (χ1v) is 7.83. The largest absolute Gasteiger partial charge is 0.381 e. The first-order chi connectivity index (χ1) is 10.2. The summed E-state index contributed by atoms with van der Waals surface area (Å²) in [4.78, 5) is 0. The van der Waals surface area contributed by atoms with E-state index in [1.165, 1.54) is 25.7 Å². The molecule has 0 saturated heterocycles. The van der Waals surface area contributed by atoms with E-state index in [1.807, 2.05) is 12.1 Å². The van der Waals surface area contributed by atoms with Crippen molar-refractivity contribution in [3.63, 3.8) is 0 Å². The smallest absolute Gasteiger partial charge is 0.143 e. The van der Waals surface area contributed by atoms with Crippen LogP contribution in [0.15, 0.2) is 30.6 Å². The molecule has 3 rings (SSSR count). The molecule has 0 amide bonds. The van der Waals surface area contributed by atoms with Gasteiger partial charge < -0.3 is 5.32 Å². The molecule has 1 fully saturated rings. The number of hydrogen-bond donors (Lipinski definition) is 1. The fourth-order valence-electron chi connectivity index (χ4n) is 3.22. The molecule has 1 N–H and O–H groups in total. The van der Waals surface area contributed by atoms with Crippen molar-refractivity contribution in [2.24, 2.45) is 11.8 Å². The molecular formula is C16H23N5. The van der Waals surface area contributed by atoms with Gasteiger partial charge in [0, 0.05) is 6.04 Å². The lowest BCUT2D eigenvalue weighted by molar-refractivity contribution is 0.267. The molecule has 0 spiro atoms. The van der Waals surface area contributed by atoms with Gasteiger partial charge in [-0.05, 0) is 60.1 Å². The van der Waals surface area contributed by atoms with E-state index in [4.69, 9.17) is 0 Å². The molecule has 0 bridgehead atoms. The van der Waals surface area contributed by atoms with E-state index in [2.05, 4.69) is 46.8 Å². The van der Waals surface area contributed by atoms with Gasteiger partial charge in [-0.1, -0.05) is 26.0 Å². The van der Waals surface area contributed by atoms with Gasteiger partial charge in [0.1, 0.15) is 6.33 Å². The lowest BCUT2D eigenvalue weighted by atomic mass is 9.79.